The van der Waals surface area contributed by atoms with Crippen molar-refractivity contribution in [2.45, 2.75) is 13.0 Å². The van der Waals surface area contributed by atoms with Gasteiger partial charge in [-0.3, -0.25) is 0 Å². The summed E-state index contributed by atoms with van der Waals surface area (Å²) in [6.07, 6.45) is -0.381. The molecule has 1 fully saturated rings. The quantitative estimate of drug-likeness (QED) is 0.769. The Balaban J connectivity index is 2.30. The Morgan fingerprint density at radius 3 is 2.80 bits per heavy atom. The van der Waals surface area contributed by atoms with E-state index < -0.39 is 5.82 Å². The maximum Gasteiger partial charge on any atom is 0.129 e. The van der Waals surface area contributed by atoms with E-state index in [0.29, 0.717) is 24.3 Å². The van der Waals surface area contributed by atoms with Crippen molar-refractivity contribution in [1.29, 1.82) is 0 Å². The molecule has 82 valence electrons. The zero-order valence-electron chi connectivity index (χ0n) is 8.52. The van der Waals surface area contributed by atoms with E-state index in [1.165, 1.54) is 12.1 Å². The average Bonchev–Trinajstić information content (AvgIpc) is 2.25. The Hall–Kier alpha value is -1.00. The topological polar surface area (TPSA) is 21.3 Å². The van der Waals surface area contributed by atoms with Gasteiger partial charge in [0.1, 0.15) is 11.6 Å². The molecule has 0 spiro atoms. The van der Waals surface area contributed by atoms with Crippen LogP contribution < -0.4 is 5.32 Å². The lowest BCUT2D eigenvalue weighted by atomic mass is 10.1. The third-order valence-electron chi connectivity index (χ3n) is 2.55. The van der Waals surface area contributed by atoms with Crippen LogP contribution in [-0.4, -0.2) is 19.7 Å². The van der Waals surface area contributed by atoms with E-state index in [1.54, 1.807) is 6.92 Å². The molecule has 1 saturated heterocycles. The molecular weight excluding hydrogens is 200 g/mol. The Morgan fingerprint density at radius 2 is 2.13 bits per heavy atom. The van der Waals surface area contributed by atoms with Gasteiger partial charge in [0.25, 0.3) is 0 Å². The molecule has 2 nitrogen and oxygen atoms in total. The van der Waals surface area contributed by atoms with Crippen LogP contribution in [0, 0.1) is 18.6 Å². The smallest absolute Gasteiger partial charge is 0.129 e. The maximum atomic E-state index is 13.5. The fourth-order valence-electron chi connectivity index (χ4n) is 1.67. The van der Waals surface area contributed by atoms with Crippen molar-refractivity contribution in [2.24, 2.45) is 0 Å². The van der Waals surface area contributed by atoms with Crippen LogP contribution in [0.2, 0.25) is 0 Å². The molecule has 1 heterocycles. The lowest BCUT2D eigenvalue weighted by Crippen LogP contribution is -2.33. The van der Waals surface area contributed by atoms with Crippen molar-refractivity contribution in [1.82, 2.24) is 5.32 Å². The number of rotatable bonds is 1. The number of aryl methyl sites for hydroxylation is 1. The summed E-state index contributed by atoms with van der Waals surface area (Å²) >= 11 is 0. The molecule has 0 saturated carbocycles. The summed E-state index contributed by atoms with van der Waals surface area (Å²) in [4.78, 5) is 0. The molecule has 2 rings (SSSR count). The van der Waals surface area contributed by atoms with Gasteiger partial charge >= 0.3 is 0 Å². The molecule has 0 amide bonds. The van der Waals surface area contributed by atoms with Gasteiger partial charge in [-0.1, -0.05) is 0 Å². The minimum absolute atomic E-state index is 0.297. The highest BCUT2D eigenvalue weighted by Gasteiger charge is 2.20. The summed E-state index contributed by atoms with van der Waals surface area (Å²) in [6.45, 7) is 3.35. The SMILES string of the molecule is Cc1cc(F)c(C2CNCCO2)cc1F. The molecule has 1 aliphatic rings. The molecule has 1 atom stereocenters. The van der Waals surface area contributed by atoms with Gasteiger partial charge in [0.15, 0.2) is 0 Å². The highest BCUT2D eigenvalue weighted by molar-refractivity contribution is 5.27. The minimum Gasteiger partial charge on any atom is -0.371 e. The van der Waals surface area contributed by atoms with Crippen molar-refractivity contribution >= 4 is 0 Å². The number of nitrogens with one attached hydrogen (secondary N) is 1. The molecule has 1 aliphatic heterocycles. The van der Waals surface area contributed by atoms with E-state index in [1.807, 2.05) is 0 Å². The second-order valence-corrected chi connectivity index (χ2v) is 3.69. The summed E-state index contributed by atoms with van der Waals surface area (Å²) < 4.78 is 32.2. The van der Waals surface area contributed by atoms with Gasteiger partial charge in [0, 0.05) is 18.7 Å². The number of benzene rings is 1. The third-order valence-corrected chi connectivity index (χ3v) is 2.55. The first kappa shape index (κ1) is 10.5. The van der Waals surface area contributed by atoms with Gasteiger partial charge < -0.3 is 10.1 Å². The monoisotopic (exact) mass is 213 g/mol. The Bertz CT molecular complexity index is 362. The Labute approximate surface area is 87.2 Å². The standard InChI is InChI=1S/C11H13F2NO/c1-7-4-10(13)8(5-9(7)12)11-6-14-2-3-15-11/h4-5,11,14H,2-3,6H2,1H3. The van der Waals surface area contributed by atoms with Crippen LogP contribution in [0.15, 0.2) is 12.1 Å². The Kier molecular flexibility index (Phi) is 2.98. The van der Waals surface area contributed by atoms with Gasteiger partial charge in [0.2, 0.25) is 0 Å². The summed E-state index contributed by atoms with van der Waals surface area (Å²) in [7, 11) is 0. The highest BCUT2D eigenvalue weighted by atomic mass is 19.1. The molecule has 15 heavy (non-hydrogen) atoms. The van der Waals surface area contributed by atoms with Crippen LogP contribution in [0.1, 0.15) is 17.2 Å². The summed E-state index contributed by atoms with van der Waals surface area (Å²) in [6, 6.07) is 2.44. The zero-order chi connectivity index (χ0) is 10.8. The molecule has 1 N–H and O–H groups in total. The van der Waals surface area contributed by atoms with Gasteiger partial charge in [-0.25, -0.2) is 8.78 Å². The van der Waals surface area contributed by atoms with E-state index in [4.69, 9.17) is 4.74 Å². The first-order valence-electron chi connectivity index (χ1n) is 4.96. The largest absolute Gasteiger partial charge is 0.371 e. The molecule has 1 unspecified atom stereocenters. The summed E-state index contributed by atoms with van der Waals surface area (Å²) in [5.74, 6) is -0.789. The van der Waals surface area contributed by atoms with Crippen LogP contribution in [0.3, 0.4) is 0 Å². The summed E-state index contributed by atoms with van der Waals surface area (Å²) in [5.41, 5.74) is 0.616. The molecule has 0 aromatic heterocycles. The fraction of sp³-hybridized carbons (Fsp3) is 0.455. The first-order chi connectivity index (χ1) is 7.18. The molecule has 4 heteroatoms. The van der Waals surface area contributed by atoms with Crippen molar-refractivity contribution in [3.63, 3.8) is 0 Å². The zero-order valence-corrected chi connectivity index (χ0v) is 8.52. The maximum absolute atomic E-state index is 13.5. The van der Waals surface area contributed by atoms with Crippen LogP contribution in [-0.2, 0) is 4.74 Å². The van der Waals surface area contributed by atoms with Gasteiger partial charge in [-0.2, -0.15) is 0 Å². The van der Waals surface area contributed by atoms with Crippen molar-refractivity contribution < 1.29 is 13.5 Å². The molecule has 1 aromatic rings. The van der Waals surface area contributed by atoms with Crippen LogP contribution in [0.25, 0.3) is 0 Å². The number of halogens is 2. The van der Waals surface area contributed by atoms with Gasteiger partial charge in [0.05, 0.1) is 12.7 Å². The number of morpholine rings is 1. The van der Waals surface area contributed by atoms with Crippen molar-refractivity contribution in [2.75, 3.05) is 19.7 Å². The molecule has 0 bridgehead atoms. The van der Waals surface area contributed by atoms with Gasteiger partial charge in [-0.05, 0) is 24.6 Å². The molecular formula is C11H13F2NO. The van der Waals surface area contributed by atoms with E-state index in [9.17, 15) is 8.78 Å². The van der Waals surface area contributed by atoms with Crippen molar-refractivity contribution in [3.8, 4) is 0 Å². The molecule has 0 radical (unpaired) electrons. The minimum atomic E-state index is -0.400. The normalized spacial score (nSPS) is 21.7. The van der Waals surface area contributed by atoms with E-state index in [-0.39, 0.29) is 11.9 Å². The lowest BCUT2D eigenvalue weighted by molar-refractivity contribution is 0.0253. The van der Waals surface area contributed by atoms with Crippen LogP contribution in [0.4, 0.5) is 8.78 Å². The van der Waals surface area contributed by atoms with Crippen molar-refractivity contribution in [3.05, 3.63) is 34.9 Å². The number of ether oxygens (including phenoxy) is 1. The lowest BCUT2D eigenvalue weighted by Gasteiger charge is -2.24. The third kappa shape index (κ3) is 2.16. The summed E-state index contributed by atoms with van der Waals surface area (Å²) in [5, 5.41) is 3.08. The number of hydrogen-bond acceptors (Lipinski definition) is 2. The number of hydrogen-bond donors (Lipinski definition) is 1. The van der Waals surface area contributed by atoms with Crippen LogP contribution >= 0.6 is 0 Å². The van der Waals surface area contributed by atoms with E-state index in [0.717, 1.165) is 6.54 Å². The van der Waals surface area contributed by atoms with Gasteiger partial charge in [-0.15, -0.1) is 0 Å². The average molecular weight is 213 g/mol. The fourth-order valence-corrected chi connectivity index (χ4v) is 1.67. The predicted octanol–water partition coefficient (Wildman–Crippen LogP) is 1.93. The first-order valence-corrected chi connectivity index (χ1v) is 4.96. The predicted molar refractivity (Wildman–Crippen MR) is 52.7 cm³/mol. The molecule has 0 aliphatic carbocycles. The molecule has 1 aromatic carbocycles. The highest BCUT2D eigenvalue weighted by Crippen LogP contribution is 2.24. The Morgan fingerprint density at radius 1 is 1.33 bits per heavy atom. The van der Waals surface area contributed by atoms with Crippen LogP contribution in [0.5, 0.6) is 0 Å². The second-order valence-electron chi connectivity index (χ2n) is 3.69. The van der Waals surface area contributed by atoms with E-state index >= 15 is 0 Å². The second kappa shape index (κ2) is 4.24. The van der Waals surface area contributed by atoms with E-state index in [2.05, 4.69) is 5.32 Å².